The number of carbonyl (C=O) groups is 1. The summed E-state index contributed by atoms with van der Waals surface area (Å²) in [5, 5.41) is 9.71. The molecule has 0 aliphatic carbocycles. The highest BCUT2D eigenvalue weighted by Gasteiger charge is 2.12. The lowest BCUT2D eigenvalue weighted by molar-refractivity contribution is 0.102. The average Bonchev–Trinajstić information content (AvgIpc) is 2.95. The molecule has 21 heavy (non-hydrogen) atoms. The Kier molecular flexibility index (Phi) is 4.47. The van der Waals surface area contributed by atoms with E-state index in [4.69, 9.17) is 9.47 Å². The number of aromatic nitrogens is 2. The third-order valence-corrected chi connectivity index (χ3v) is 3.07. The minimum absolute atomic E-state index is 0.269. The van der Waals surface area contributed by atoms with Crippen molar-refractivity contribution >= 4 is 11.7 Å². The number of nitrogens with zero attached hydrogens (tertiary/aromatic N) is 1. The number of rotatable bonds is 5. The van der Waals surface area contributed by atoms with E-state index in [1.807, 2.05) is 19.9 Å². The van der Waals surface area contributed by atoms with Crippen LogP contribution in [-0.4, -0.2) is 30.3 Å². The zero-order chi connectivity index (χ0) is 15.4. The van der Waals surface area contributed by atoms with E-state index in [9.17, 15) is 4.79 Å². The van der Waals surface area contributed by atoms with Crippen molar-refractivity contribution in [2.75, 3.05) is 19.5 Å². The number of anilines is 1. The molecule has 0 unspecified atom stereocenters. The van der Waals surface area contributed by atoms with Crippen LogP contribution in [0.25, 0.3) is 0 Å². The Hall–Kier alpha value is -2.50. The molecule has 0 spiro atoms. The van der Waals surface area contributed by atoms with Crippen LogP contribution in [0.2, 0.25) is 0 Å². The Morgan fingerprint density at radius 1 is 1.14 bits per heavy atom. The van der Waals surface area contributed by atoms with Crippen molar-refractivity contribution < 1.29 is 14.3 Å². The van der Waals surface area contributed by atoms with Gasteiger partial charge in [-0.3, -0.25) is 9.89 Å². The first-order valence-electron chi connectivity index (χ1n) is 6.63. The van der Waals surface area contributed by atoms with Crippen LogP contribution in [-0.2, 0) is 0 Å². The van der Waals surface area contributed by atoms with E-state index >= 15 is 0 Å². The van der Waals surface area contributed by atoms with Gasteiger partial charge < -0.3 is 14.8 Å². The lowest BCUT2D eigenvalue weighted by atomic mass is 10.1. The predicted molar refractivity (Wildman–Crippen MR) is 80.2 cm³/mol. The van der Waals surface area contributed by atoms with E-state index in [0.29, 0.717) is 28.8 Å². The summed E-state index contributed by atoms with van der Waals surface area (Å²) >= 11 is 0. The third-order valence-electron chi connectivity index (χ3n) is 3.07. The summed E-state index contributed by atoms with van der Waals surface area (Å²) in [6, 6.07) is 6.82. The molecule has 2 N–H and O–H groups in total. The van der Waals surface area contributed by atoms with Gasteiger partial charge in [-0.25, -0.2) is 0 Å². The summed E-state index contributed by atoms with van der Waals surface area (Å²) < 4.78 is 10.3. The molecule has 0 bridgehead atoms. The standard InChI is InChI=1S/C15H19N3O3/c1-9(2)13-8-14(18-17-13)16-15(19)10-5-11(20-3)7-12(6-10)21-4/h5-9H,1-4H3,(H2,16,17,18,19). The van der Waals surface area contributed by atoms with Crippen LogP contribution in [0.4, 0.5) is 5.82 Å². The van der Waals surface area contributed by atoms with Crippen molar-refractivity contribution in [1.29, 1.82) is 0 Å². The van der Waals surface area contributed by atoms with Gasteiger partial charge in [-0.1, -0.05) is 13.8 Å². The number of ether oxygens (including phenoxy) is 2. The molecular weight excluding hydrogens is 270 g/mol. The fourth-order valence-corrected chi connectivity index (χ4v) is 1.82. The lowest BCUT2D eigenvalue weighted by Crippen LogP contribution is -2.12. The zero-order valence-electron chi connectivity index (χ0n) is 12.6. The number of hydrogen-bond acceptors (Lipinski definition) is 4. The Morgan fingerprint density at radius 3 is 2.24 bits per heavy atom. The molecule has 0 saturated carbocycles. The third kappa shape index (κ3) is 3.53. The first-order valence-corrected chi connectivity index (χ1v) is 6.63. The molecule has 6 heteroatoms. The normalized spacial score (nSPS) is 10.5. The average molecular weight is 289 g/mol. The van der Waals surface area contributed by atoms with Crippen LogP contribution in [0.3, 0.4) is 0 Å². The van der Waals surface area contributed by atoms with Crippen LogP contribution in [0.1, 0.15) is 35.8 Å². The SMILES string of the molecule is COc1cc(OC)cc(C(=O)Nc2cc(C(C)C)[nH]n2)c1. The van der Waals surface area contributed by atoms with Crippen molar-refractivity contribution in [3.63, 3.8) is 0 Å². The van der Waals surface area contributed by atoms with Crippen molar-refractivity contribution in [2.45, 2.75) is 19.8 Å². The number of aromatic amines is 1. The van der Waals surface area contributed by atoms with Gasteiger partial charge in [-0.05, 0) is 18.1 Å². The number of carbonyl (C=O) groups excluding carboxylic acids is 1. The van der Waals surface area contributed by atoms with Crippen LogP contribution in [0.5, 0.6) is 11.5 Å². The van der Waals surface area contributed by atoms with Gasteiger partial charge in [0.05, 0.1) is 14.2 Å². The van der Waals surface area contributed by atoms with Gasteiger partial charge >= 0.3 is 0 Å². The molecular formula is C15H19N3O3. The van der Waals surface area contributed by atoms with Gasteiger partial charge in [0.2, 0.25) is 0 Å². The van der Waals surface area contributed by atoms with E-state index < -0.39 is 0 Å². The fraction of sp³-hybridized carbons (Fsp3) is 0.333. The highest BCUT2D eigenvalue weighted by molar-refractivity contribution is 6.04. The van der Waals surface area contributed by atoms with E-state index in [2.05, 4.69) is 15.5 Å². The molecule has 0 fully saturated rings. The molecule has 0 aliphatic heterocycles. The summed E-state index contributed by atoms with van der Waals surface area (Å²) in [6.07, 6.45) is 0. The van der Waals surface area contributed by atoms with E-state index in [0.717, 1.165) is 5.69 Å². The number of hydrogen-bond donors (Lipinski definition) is 2. The van der Waals surface area contributed by atoms with Crippen LogP contribution in [0, 0.1) is 0 Å². The zero-order valence-corrected chi connectivity index (χ0v) is 12.6. The Morgan fingerprint density at radius 2 is 1.76 bits per heavy atom. The van der Waals surface area contributed by atoms with Gasteiger partial charge in [-0.2, -0.15) is 5.10 Å². The van der Waals surface area contributed by atoms with Crippen LogP contribution >= 0.6 is 0 Å². The highest BCUT2D eigenvalue weighted by atomic mass is 16.5. The van der Waals surface area contributed by atoms with Gasteiger partial charge in [-0.15, -0.1) is 0 Å². The maximum atomic E-state index is 12.3. The molecule has 0 aliphatic rings. The van der Waals surface area contributed by atoms with Crippen LogP contribution in [0.15, 0.2) is 24.3 Å². The van der Waals surface area contributed by atoms with Gasteiger partial charge in [0, 0.05) is 23.4 Å². The quantitative estimate of drug-likeness (QED) is 0.887. The summed E-state index contributed by atoms with van der Waals surface area (Å²) in [4.78, 5) is 12.3. The van der Waals surface area contributed by atoms with Crippen molar-refractivity contribution in [1.82, 2.24) is 10.2 Å². The highest BCUT2D eigenvalue weighted by Crippen LogP contribution is 2.23. The summed E-state index contributed by atoms with van der Waals surface area (Å²) in [5.41, 5.74) is 1.41. The summed E-state index contributed by atoms with van der Waals surface area (Å²) in [6.45, 7) is 4.10. The summed E-state index contributed by atoms with van der Waals surface area (Å²) in [7, 11) is 3.08. The number of benzene rings is 1. The molecule has 2 aromatic rings. The monoisotopic (exact) mass is 289 g/mol. The number of methoxy groups -OCH3 is 2. The molecule has 1 aromatic carbocycles. The molecule has 6 nitrogen and oxygen atoms in total. The maximum Gasteiger partial charge on any atom is 0.257 e. The van der Waals surface area contributed by atoms with Crippen molar-refractivity contribution in [2.24, 2.45) is 0 Å². The minimum Gasteiger partial charge on any atom is -0.497 e. The number of H-pyrrole nitrogens is 1. The maximum absolute atomic E-state index is 12.3. The largest absolute Gasteiger partial charge is 0.497 e. The second kappa shape index (κ2) is 6.30. The molecule has 112 valence electrons. The topological polar surface area (TPSA) is 76.2 Å². The molecule has 1 amide bonds. The molecule has 2 rings (SSSR count). The van der Waals surface area contributed by atoms with Gasteiger partial charge in [0.15, 0.2) is 5.82 Å². The van der Waals surface area contributed by atoms with E-state index in [1.165, 1.54) is 0 Å². The van der Waals surface area contributed by atoms with Crippen molar-refractivity contribution in [3.05, 3.63) is 35.5 Å². The molecule has 1 aromatic heterocycles. The molecule has 0 radical (unpaired) electrons. The number of nitrogens with one attached hydrogen (secondary N) is 2. The molecule has 0 saturated heterocycles. The van der Waals surface area contributed by atoms with Gasteiger partial charge in [0.25, 0.3) is 5.91 Å². The molecule has 1 heterocycles. The van der Waals surface area contributed by atoms with E-state index in [1.54, 1.807) is 32.4 Å². The smallest absolute Gasteiger partial charge is 0.257 e. The molecule has 0 atom stereocenters. The lowest BCUT2D eigenvalue weighted by Gasteiger charge is -2.08. The second-order valence-corrected chi connectivity index (χ2v) is 4.92. The predicted octanol–water partition coefficient (Wildman–Crippen LogP) is 2.80. The first kappa shape index (κ1) is 14.9. The Bertz CT molecular complexity index is 613. The van der Waals surface area contributed by atoms with Crippen molar-refractivity contribution in [3.8, 4) is 11.5 Å². The van der Waals surface area contributed by atoms with E-state index in [-0.39, 0.29) is 5.91 Å². The van der Waals surface area contributed by atoms with Crippen LogP contribution < -0.4 is 14.8 Å². The number of amides is 1. The second-order valence-electron chi connectivity index (χ2n) is 4.92. The Labute approximate surface area is 123 Å². The fourth-order valence-electron chi connectivity index (χ4n) is 1.82. The first-order chi connectivity index (χ1) is 10.0. The van der Waals surface area contributed by atoms with Gasteiger partial charge in [0.1, 0.15) is 11.5 Å². The summed E-state index contributed by atoms with van der Waals surface area (Å²) in [5.74, 6) is 1.66. The minimum atomic E-state index is -0.269. The Balaban J connectivity index is 2.19.